The Hall–Kier alpha value is -0.120. The molecule has 3 heteroatoms. The molecule has 2 N–H and O–H groups in total. The van der Waals surface area contributed by atoms with Gasteiger partial charge in [-0.05, 0) is 33.1 Å². The van der Waals surface area contributed by atoms with Crippen LogP contribution in [0.25, 0.3) is 0 Å². The molecule has 1 aliphatic rings. The lowest BCUT2D eigenvalue weighted by molar-refractivity contribution is 0.0939. The maximum absolute atomic E-state index is 9.07. The Kier molecular flexibility index (Phi) is 4.70. The second kappa shape index (κ2) is 5.58. The van der Waals surface area contributed by atoms with Crippen molar-refractivity contribution >= 4 is 0 Å². The van der Waals surface area contributed by atoms with E-state index in [0.29, 0.717) is 18.7 Å². The van der Waals surface area contributed by atoms with E-state index in [-0.39, 0.29) is 6.10 Å². The van der Waals surface area contributed by atoms with Crippen molar-refractivity contribution in [1.29, 1.82) is 0 Å². The van der Waals surface area contributed by atoms with Crippen molar-refractivity contribution in [3.8, 4) is 0 Å². The van der Waals surface area contributed by atoms with Gasteiger partial charge in [0.05, 0.1) is 12.2 Å². The Morgan fingerprint density at radius 1 is 1.54 bits per heavy atom. The fourth-order valence-corrected chi connectivity index (χ4v) is 1.68. The molecule has 3 nitrogen and oxygen atoms in total. The first kappa shape index (κ1) is 11.0. The minimum Gasteiger partial charge on any atom is -0.392 e. The first-order valence-corrected chi connectivity index (χ1v) is 5.21. The van der Waals surface area contributed by atoms with Gasteiger partial charge < -0.3 is 15.2 Å². The first-order valence-electron chi connectivity index (χ1n) is 5.21. The molecule has 0 amide bonds. The molecule has 0 saturated carbocycles. The molecule has 3 atom stereocenters. The van der Waals surface area contributed by atoms with Crippen LogP contribution in [0.5, 0.6) is 0 Å². The number of hydrogen-bond donors (Lipinski definition) is 2. The molecular formula is C10H21NO2. The van der Waals surface area contributed by atoms with E-state index in [1.165, 1.54) is 12.8 Å². The highest BCUT2D eigenvalue weighted by Gasteiger charge is 2.18. The molecule has 0 aromatic carbocycles. The molecule has 0 bridgehead atoms. The first-order chi connectivity index (χ1) is 6.18. The minimum absolute atomic E-state index is 0.257. The van der Waals surface area contributed by atoms with Gasteiger partial charge in [0.1, 0.15) is 0 Å². The largest absolute Gasteiger partial charge is 0.392 e. The fraction of sp³-hybridized carbons (Fsp3) is 1.00. The van der Waals surface area contributed by atoms with Crippen LogP contribution in [-0.4, -0.2) is 36.5 Å². The van der Waals surface area contributed by atoms with Crippen LogP contribution in [0, 0.1) is 0 Å². The summed E-state index contributed by atoms with van der Waals surface area (Å²) in [5.74, 6) is 0. The van der Waals surface area contributed by atoms with Gasteiger partial charge in [0.25, 0.3) is 0 Å². The molecule has 0 aromatic rings. The maximum atomic E-state index is 9.07. The third-order valence-corrected chi connectivity index (χ3v) is 2.40. The van der Waals surface area contributed by atoms with E-state index in [0.717, 1.165) is 13.0 Å². The van der Waals surface area contributed by atoms with Crippen molar-refractivity contribution in [3.05, 3.63) is 0 Å². The number of hydrogen-bond acceptors (Lipinski definition) is 3. The van der Waals surface area contributed by atoms with Crippen LogP contribution in [-0.2, 0) is 4.74 Å². The minimum atomic E-state index is -0.257. The zero-order valence-electron chi connectivity index (χ0n) is 8.62. The van der Waals surface area contributed by atoms with Crippen LogP contribution in [0.1, 0.15) is 33.1 Å². The summed E-state index contributed by atoms with van der Waals surface area (Å²) in [6.07, 6.45) is 3.64. The van der Waals surface area contributed by atoms with Crippen molar-refractivity contribution in [2.24, 2.45) is 0 Å². The van der Waals surface area contributed by atoms with Crippen molar-refractivity contribution < 1.29 is 9.84 Å². The molecule has 1 saturated heterocycles. The topological polar surface area (TPSA) is 41.5 Å². The van der Waals surface area contributed by atoms with Crippen molar-refractivity contribution in [2.75, 3.05) is 13.2 Å². The van der Waals surface area contributed by atoms with Crippen molar-refractivity contribution in [2.45, 2.75) is 51.4 Å². The van der Waals surface area contributed by atoms with Crippen LogP contribution < -0.4 is 5.32 Å². The van der Waals surface area contributed by atoms with Crippen LogP contribution in [0.15, 0.2) is 0 Å². The molecule has 0 spiro atoms. The lowest BCUT2D eigenvalue weighted by Crippen LogP contribution is -2.34. The number of aliphatic hydroxyl groups excluding tert-OH is 1. The van der Waals surface area contributed by atoms with E-state index < -0.39 is 0 Å². The lowest BCUT2D eigenvalue weighted by atomic mass is 10.1. The summed E-state index contributed by atoms with van der Waals surface area (Å²) in [5, 5.41) is 12.3. The summed E-state index contributed by atoms with van der Waals surface area (Å²) in [4.78, 5) is 0. The van der Waals surface area contributed by atoms with Crippen molar-refractivity contribution in [1.82, 2.24) is 5.32 Å². The lowest BCUT2D eigenvalue weighted by Gasteiger charge is -2.18. The quantitative estimate of drug-likeness (QED) is 0.672. The SMILES string of the molecule is CC(CC1CCCO1)NC[C@H](C)O. The Labute approximate surface area is 80.5 Å². The molecule has 0 aromatic heterocycles. The normalized spacial score (nSPS) is 27.5. The number of rotatable bonds is 5. The van der Waals surface area contributed by atoms with Gasteiger partial charge in [-0.15, -0.1) is 0 Å². The highest BCUT2D eigenvalue weighted by Crippen LogP contribution is 2.16. The van der Waals surface area contributed by atoms with Gasteiger partial charge in [0.2, 0.25) is 0 Å². The van der Waals surface area contributed by atoms with Gasteiger partial charge in [-0.25, -0.2) is 0 Å². The summed E-state index contributed by atoms with van der Waals surface area (Å²) < 4.78 is 5.53. The number of nitrogens with one attached hydrogen (secondary N) is 1. The molecule has 1 rings (SSSR count). The predicted molar refractivity (Wildman–Crippen MR) is 52.7 cm³/mol. The Balaban J connectivity index is 2.05. The molecular weight excluding hydrogens is 166 g/mol. The van der Waals surface area contributed by atoms with Crippen molar-refractivity contribution in [3.63, 3.8) is 0 Å². The second-order valence-corrected chi connectivity index (χ2v) is 4.03. The Morgan fingerprint density at radius 3 is 2.85 bits per heavy atom. The number of ether oxygens (including phenoxy) is 1. The molecule has 1 fully saturated rings. The smallest absolute Gasteiger partial charge is 0.0636 e. The van der Waals surface area contributed by atoms with Gasteiger partial charge in [-0.1, -0.05) is 0 Å². The molecule has 13 heavy (non-hydrogen) atoms. The van der Waals surface area contributed by atoms with Crippen LogP contribution in [0.2, 0.25) is 0 Å². The zero-order chi connectivity index (χ0) is 9.68. The van der Waals surface area contributed by atoms with Gasteiger partial charge in [0, 0.05) is 19.2 Å². The average molecular weight is 187 g/mol. The Bertz CT molecular complexity index is 133. The molecule has 1 aliphatic heterocycles. The Morgan fingerprint density at radius 2 is 2.31 bits per heavy atom. The number of aliphatic hydroxyl groups is 1. The monoisotopic (exact) mass is 187 g/mol. The maximum Gasteiger partial charge on any atom is 0.0636 e. The van der Waals surface area contributed by atoms with E-state index in [4.69, 9.17) is 9.84 Å². The summed E-state index contributed by atoms with van der Waals surface area (Å²) in [7, 11) is 0. The summed E-state index contributed by atoms with van der Waals surface area (Å²) in [6, 6.07) is 0.442. The standard InChI is InChI=1S/C10H21NO2/c1-8(11-7-9(2)12)6-10-4-3-5-13-10/h8-12H,3-7H2,1-2H3/t8?,9-,10?/m0/s1. The van der Waals surface area contributed by atoms with Crippen LogP contribution in [0.3, 0.4) is 0 Å². The fourth-order valence-electron chi connectivity index (χ4n) is 1.68. The van der Waals surface area contributed by atoms with Gasteiger partial charge in [-0.3, -0.25) is 0 Å². The molecule has 78 valence electrons. The van der Waals surface area contributed by atoms with E-state index in [1.54, 1.807) is 6.92 Å². The van der Waals surface area contributed by atoms with Gasteiger partial charge in [-0.2, -0.15) is 0 Å². The van der Waals surface area contributed by atoms with Gasteiger partial charge >= 0.3 is 0 Å². The highest BCUT2D eigenvalue weighted by atomic mass is 16.5. The average Bonchev–Trinajstić information content (AvgIpc) is 2.53. The van der Waals surface area contributed by atoms with Crippen LogP contribution in [0.4, 0.5) is 0 Å². The van der Waals surface area contributed by atoms with E-state index in [1.807, 2.05) is 0 Å². The van der Waals surface area contributed by atoms with Gasteiger partial charge in [0.15, 0.2) is 0 Å². The predicted octanol–water partition coefficient (Wildman–Crippen LogP) is 0.914. The van der Waals surface area contributed by atoms with E-state index in [9.17, 15) is 0 Å². The highest BCUT2D eigenvalue weighted by molar-refractivity contribution is 4.72. The molecule has 1 heterocycles. The summed E-state index contributed by atoms with van der Waals surface area (Å²) in [5.41, 5.74) is 0. The molecule has 0 aliphatic carbocycles. The molecule has 2 unspecified atom stereocenters. The third kappa shape index (κ3) is 4.60. The summed E-state index contributed by atoms with van der Waals surface area (Å²) >= 11 is 0. The van der Waals surface area contributed by atoms with E-state index in [2.05, 4.69) is 12.2 Å². The summed E-state index contributed by atoms with van der Waals surface area (Å²) in [6.45, 7) is 5.54. The second-order valence-electron chi connectivity index (χ2n) is 4.03. The molecule has 0 radical (unpaired) electrons. The zero-order valence-corrected chi connectivity index (χ0v) is 8.62. The third-order valence-electron chi connectivity index (χ3n) is 2.40. The van der Waals surface area contributed by atoms with E-state index >= 15 is 0 Å². The van der Waals surface area contributed by atoms with Crippen LogP contribution >= 0.6 is 0 Å².